The van der Waals surface area contributed by atoms with Crippen LogP contribution in [-0.4, -0.2) is 9.55 Å². The van der Waals surface area contributed by atoms with Crippen LogP contribution < -0.4 is 16.0 Å². The maximum absolute atomic E-state index is 11.8. The fraction of sp³-hybridized carbons (Fsp3) is 0.158. The van der Waals surface area contributed by atoms with Crippen molar-refractivity contribution in [3.05, 3.63) is 90.2 Å². The predicted molar refractivity (Wildman–Crippen MR) is 103 cm³/mol. The summed E-state index contributed by atoms with van der Waals surface area (Å²) in [6.45, 7) is 4.11. The molecule has 2 aromatic carbocycles. The highest BCUT2D eigenvalue weighted by atomic mass is 35.5. The molecule has 0 saturated heterocycles. The number of ether oxygens (including phenoxy) is 1. The lowest BCUT2D eigenvalue weighted by Crippen LogP contribution is -2.28. The number of nitrogens with one attached hydrogen (secondary N) is 1. The molecule has 0 aliphatic carbocycles. The minimum absolute atomic E-state index is 0.221. The number of halogens is 2. The van der Waals surface area contributed by atoms with E-state index >= 15 is 0 Å². The molecule has 0 aliphatic rings. The molecule has 0 amide bonds. The Morgan fingerprint density at radius 3 is 2.19 bits per heavy atom. The molecule has 0 spiro atoms. The Morgan fingerprint density at radius 2 is 1.62 bits per heavy atom. The van der Waals surface area contributed by atoms with E-state index in [9.17, 15) is 9.59 Å². The first kappa shape index (κ1) is 18.3. The molecule has 0 fully saturated rings. The van der Waals surface area contributed by atoms with Crippen molar-refractivity contribution in [1.82, 2.24) is 9.55 Å². The van der Waals surface area contributed by atoms with Gasteiger partial charge in [0.05, 0.1) is 16.6 Å². The monoisotopic (exact) mass is 390 g/mol. The Bertz CT molecular complexity index is 1040. The van der Waals surface area contributed by atoms with Crippen LogP contribution in [0.25, 0.3) is 0 Å². The van der Waals surface area contributed by atoms with E-state index in [1.807, 2.05) is 32.0 Å². The average molecular weight is 391 g/mol. The van der Waals surface area contributed by atoms with Gasteiger partial charge in [0.2, 0.25) is 0 Å². The summed E-state index contributed by atoms with van der Waals surface area (Å²) in [6, 6.07) is 10.5. The normalized spacial score (nSPS) is 10.8. The van der Waals surface area contributed by atoms with Gasteiger partial charge in [0.15, 0.2) is 5.75 Å². The number of para-hydroxylation sites is 1. The van der Waals surface area contributed by atoms with Crippen molar-refractivity contribution in [2.24, 2.45) is 0 Å². The molecule has 0 bridgehead atoms. The van der Waals surface area contributed by atoms with Crippen molar-refractivity contribution in [2.45, 2.75) is 20.4 Å². The van der Waals surface area contributed by atoms with Gasteiger partial charge in [-0.15, -0.1) is 0 Å². The molecule has 26 heavy (non-hydrogen) atoms. The third kappa shape index (κ3) is 3.84. The van der Waals surface area contributed by atoms with Gasteiger partial charge in [-0.2, -0.15) is 0 Å². The number of aryl methyl sites for hydroxylation is 2. The van der Waals surface area contributed by atoms with Gasteiger partial charge in [-0.25, -0.2) is 4.79 Å². The van der Waals surface area contributed by atoms with Crippen LogP contribution in [-0.2, 0) is 6.54 Å². The average Bonchev–Trinajstić information content (AvgIpc) is 2.56. The van der Waals surface area contributed by atoms with E-state index in [0.717, 1.165) is 11.1 Å². The summed E-state index contributed by atoms with van der Waals surface area (Å²) in [5, 5.41) is 0.681. The van der Waals surface area contributed by atoms with Gasteiger partial charge in [-0.3, -0.25) is 14.3 Å². The summed E-state index contributed by atoms with van der Waals surface area (Å²) in [5.41, 5.74) is 1.71. The molecule has 1 N–H and O–H groups in total. The van der Waals surface area contributed by atoms with E-state index in [1.165, 1.54) is 16.8 Å². The quantitative estimate of drug-likeness (QED) is 0.721. The van der Waals surface area contributed by atoms with E-state index in [-0.39, 0.29) is 6.54 Å². The van der Waals surface area contributed by atoms with Crippen molar-refractivity contribution in [2.75, 3.05) is 0 Å². The summed E-state index contributed by atoms with van der Waals surface area (Å²) in [5.74, 6) is 1.07. The zero-order valence-corrected chi connectivity index (χ0v) is 15.7. The van der Waals surface area contributed by atoms with Crippen molar-refractivity contribution in [3.63, 3.8) is 0 Å². The first-order chi connectivity index (χ1) is 12.3. The summed E-state index contributed by atoms with van der Waals surface area (Å²) in [4.78, 5) is 25.2. The molecule has 3 rings (SSSR count). The van der Waals surface area contributed by atoms with Crippen LogP contribution in [0.1, 0.15) is 16.7 Å². The highest BCUT2D eigenvalue weighted by molar-refractivity contribution is 6.37. The first-order valence-electron chi connectivity index (χ1n) is 7.87. The van der Waals surface area contributed by atoms with Crippen LogP contribution in [0.3, 0.4) is 0 Å². The second-order valence-electron chi connectivity index (χ2n) is 5.95. The van der Waals surface area contributed by atoms with E-state index in [1.54, 1.807) is 12.1 Å². The van der Waals surface area contributed by atoms with Gasteiger partial charge < -0.3 is 4.74 Å². The van der Waals surface area contributed by atoms with Crippen LogP contribution in [0.4, 0.5) is 0 Å². The number of hydrogen-bond acceptors (Lipinski definition) is 3. The zero-order chi connectivity index (χ0) is 18.8. The van der Waals surface area contributed by atoms with Gasteiger partial charge >= 0.3 is 5.69 Å². The third-order valence-corrected chi connectivity index (χ3v) is 4.48. The molecule has 0 atom stereocenters. The first-order valence-corrected chi connectivity index (χ1v) is 8.62. The van der Waals surface area contributed by atoms with E-state index < -0.39 is 11.2 Å². The number of nitrogens with zero attached hydrogens (tertiary/aromatic N) is 1. The lowest BCUT2D eigenvalue weighted by atomic mass is 10.1. The standard InChI is InChI=1S/C19H16Cl2N2O3/c1-11-4-3-5-12(2)17(11)26-18-14(20)8-13(9-15(18)21)10-23-7-6-16(24)22-19(23)25/h3-9H,10H2,1-2H3,(H,22,24,25). The molecule has 0 aliphatic heterocycles. The van der Waals surface area contributed by atoms with Crippen molar-refractivity contribution < 1.29 is 4.74 Å². The van der Waals surface area contributed by atoms with Crippen molar-refractivity contribution in [1.29, 1.82) is 0 Å². The SMILES string of the molecule is Cc1cccc(C)c1Oc1c(Cl)cc(Cn2ccc(=O)[nH]c2=O)cc1Cl. The third-order valence-electron chi connectivity index (χ3n) is 3.92. The molecule has 0 unspecified atom stereocenters. The number of benzene rings is 2. The Kier molecular flexibility index (Phi) is 5.20. The molecule has 3 aromatic rings. The highest BCUT2D eigenvalue weighted by Crippen LogP contribution is 2.39. The summed E-state index contributed by atoms with van der Waals surface area (Å²) >= 11 is 12.7. The van der Waals surface area contributed by atoms with Gasteiger partial charge in [0.25, 0.3) is 5.56 Å². The fourth-order valence-corrected chi connectivity index (χ4v) is 3.24. The topological polar surface area (TPSA) is 64.1 Å². The number of aromatic nitrogens is 2. The predicted octanol–water partition coefficient (Wildman–Crippen LogP) is 4.30. The largest absolute Gasteiger partial charge is 0.454 e. The fourth-order valence-electron chi connectivity index (χ4n) is 2.63. The van der Waals surface area contributed by atoms with Crippen LogP contribution in [0, 0.1) is 13.8 Å². The van der Waals surface area contributed by atoms with Crippen LogP contribution in [0.2, 0.25) is 10.0 Å². The van der Waals surface area contributed by atoms with Gasteiger partial charge in [0.1, 0.15) is 5.75 Å². The van der Waals surface area contributed by atoms with Crippen molar-refractivity contribution in [3.8, 4) is 11.5 Å². The van der Waals surface area contributed by atoms with Gasteiger partial charge in [-0.1, -0.05) is 41.4 Å². The lowest BCUT2D eigenvalue weighted by Gasteiger charge is -2.15. The van der Waals surface area contributed by atoms with Crippen LogP contribution >= 0.6 is 23.2 Å². The molecule has 5 nitrogen and oxygen atoms in total. The van der Waals surface area contributed by atoms with Crippen molar-refractivity contribution >= 4 is 23.2 Å². The number of rotatable bonds is 4. The number of H-pyrrole nitrogens is 1. The van der Waals surface area contributed by atoms with E-state index in [4.69, 9.17) is 27.9 Å². The summed E-state index contributed by atoms with van der Waals surface area (Å²) in [7, 11) is 0. The maximum atomic E-state index is 11.8. The molecular formula is C19H16Cl2N2O3. The van der Waals surface area contributed by atoms with E-state index in [2.05, 4.69) is 4.98 Å². The summed E-state index contributed by atoms with van der Waals surface area (Å²) < 4.78 is 7.32. The van der Waals surface area contributed by atoms with Gasteiger partial charge in [0, 0.05) is 12.3 Å². The number of aromatic amines is 1. The Morgan fingerprint density at radius 1 is 1.00 bits per heavy atom. The minimum Gasteiger partial charge on any atom is -0.454 e. The molecule has 1 heterocycles. The molecular weight excluding hydrogens is 375 g/mol. The maximum Gasteiger partial charge on any atom is 0.328 e. The Labute approximate surface area is 159 Å². The smallest absolute Gasteiger partial charge is 0.328 e. The molecule has 0 saturated carbocycles. The highest BCUT2D eigenvalue weighted by Gasteiger charge is 2.14. The number of hydrogen-bond donors (Lipinski definition) is 1. The molecule has 134 valence electrons. The Hall–Kier alpha value is -2.50. The minimum atomic E-state index is -0.499. The van der Waals surface area contributed by atoms with Crippen LogP contribution in [0.15, 0.2) is 52.2 Å². The summed E-state index contributed by atoms with van der Waals surface area (Å²) in [6.07, 6.45) is 1.42. The van der Waals surface area contributed by atoms with Crippen LogP contribution in [0.5, 0.6) is 11.5 Å². The zero-order valence-electron chi connectivity index (χ0n) is 14.2. The molecule has 1 aromatic heterocycles. The van der Waals surface area contributed by atoms with Gasteiger partial charge in [-0.05, 0) is 42.7 Å². The molecule has 0 radical (unpaired) electrons. The molecule has 7 heteroatoms. The second-order valence-corrected chi connectivity index (χ2v) is 6.76. The van der Waals surface area contributed by atoms with E-state index in [0.29, 0.717) is 27.1 Å². The Balaban J connectivity index is 1.93. The second kappa shape index (κ2) is 7.40. The lowest BCUT2D eigenvalue weighted by molar-refractivity contribution is 0.475.